The van der Waals surface area contributed by atoms with Crippen LogP contribution in [0.4, 0.5) is 0 Å². The molecule has 0 aliphatic rings. The lowest BCUT2D eigenvalue weighted by Gasteiger charge is -2.16. The van der Waals surface area contributed by atoms with Crippen molar-refractivity contribution in [3.63, 3.8) is 0 Å². The molecular formula is C15H25NO2S. The van der Waals surface area contributed by atoms with Crippen molar-refractivity contribution in [2.45, 2.75) is 39.5 Å². The molecule has 1 aromatic carbocycles. The summed E-state index contributed by atoms with van der Waals surface area (Å²) in [6.45, 7) is 9.72. The number of rotatable bonds is 8. The molecule has 108 valence electrons. The highest BCUT2D eigenvalue weighted by molar-refractivity contribution is 7.84. The second kappa shape index (κ2) is 8.33. The summed E-state index contributed by atoms with van der Waals surface area (Å²) >= 11 is 0. The van der Waals surface area contributed by atoms with Crippen LogP contribution < -0.4 is 10.1 Å². The van der Waals surface area contributed by atoms with Crippen LogP contribution in [0.15, 0.2) is 18.2 Å². The molecule has 0 aliphatic heterocycles. The molecule has 19 heavy (non-hydrogen) atoms. The Hall–Kier alpha value is -0.870. The van der Waals surface area contributed by atoms with Gasteiger partial charge in [0.1, 0.15) is 5.75 Å². The molecule has 2 unspecified atom stereocenters. The molecule has 0 aliphatic carbocycles. The Balaban J connectivity index is 2.99. The topological polar surface area (TPSA) is 38.3 Å². The molecule has 0 spiro atoms. The van der Waals surface area contributed by atoms with Crippen molar-refractivity contribution < 1.29 is 8.95 Å². The zero-order valence-electron chi connectivity index (χ0n) is 12.4. The fraction of sp³-hybridized carbons (Fsp3) is 0.600. The Bertz CT molecular complexity index is 421. The summed E-state index contributed by atoms with van der Waals surface area (Å²) in [6, 6.07) is 6.49. The van der Waals surface area contributed by atoms with E-state index >= 15 is 0 Å². The molecule has 0 saturated carbocycles. The van der Waals surface area contributed by atoms with E-state index < -0.39 is 10.8 Å². The summed E-state index contributed by atoms with van der Waals surface area (Å²) < 4.78 is 17.4. The molecule has 4 heteroatoms. The molecule has 1 rings (SSSR count). The van der Waals surface area contributed by atoms with Gasteiger partial charge in [-0.15, -0.1) is 0 Å². The van der Waals surface area contributed by atoms with Crippen molar-refractivity contribution in [2.24, 2.45) is 0 Å². The third-order valence-corrected chi connectivity index (χ3v) is 4.31. The van der Waals surface area contributed by atoms with Gasteiger partial charge in [-0.1, -0.05) is 19.9 Å². The van der Waals surface area contributed by atoms with E-state index in [2.05, 4.69) is 31.3 Å². The first-order valence-corrected chi connectivity index (χ1v) is 8.45. The van der Waals surface area contributed by atoms with Crippen LogP contribution in [0, 0.1) is 0 Å². The molecule has 0 radical (unpaired) electrons. The summed E-state index contributed by atoms with van der Waals surface area (Å²) in [4.78, 5) is 0. The SMILES string of the molecule is CCNC(C)c1ccc(OCC)c(CS(=O)CC)c1. The van der Waals surface area contributed by atoms with Crippen LogP contribution in [0.5, 0.6) is 5.75 Å². The van der Waals surface area contributed by atoms with Gasteiger partial charge in [0.25, 0.3) is 0 Å². The van der Waals surface area contributed by atoms with Gasteiger partial charge in [0.2, 0.25) is 0 Å². The quantitative estimate of drug-likeness (QED) is 0.797. The van der Waals surface area contributed by atoms with Crippen LogP contribution in [-0.4, -0.2) is 23.1 Å². The zero-order valence-corrected chi connectivity index (χ0v) is 13.2. The van der Waals surface area contributed by atoms with E-state index in [0.717, 1.165) is 17.9 Å². The van der Waals surface area contributed by atoms with Crippen LogP contribution in [0.25, 0.3) is 0 Å². The van der Waals surface area contributed by atoms with Crippen LogP contribution in [0.1, 0.15) is 44.9 Å². The molecule has 0 aromatic heterocycles. The van der Waals surface area contributed by atoms with Crippen molar-refractivity contribution in [3.05, 3.63) is 29.3 Å². The number of nitrogens with one attached hydrogen (secondary N) is 1. The predicted octanol–water partition coefficient (Wildman–Crippen LogP) is 3.02. The minimum absolute atomic E-state index is 0.300. The van der Waals surface area contributed by atoms with Gasteiger partial charge >= 0.3 is 0 Å². The highest BCUT2D eigenvalue weighted by Gasteiger charge is 2.11. The lowest BCUT2D eigenvalue weighted by atomic mass is 10.0. The summed E-state index contributed by atoms with van der Waals surface area (Å²) in [5.74, 6) is 2.11. The highest BCUT2D eigenvalue weighted by atomic mass is 32.2. The average Bonchev–Trinajstić information content (AvgIpc) is 2.41. The number of ether oxygens (including phenoxy) is 1. The largest absolute Gasteiger partial charge is 0.494 e. The van der Waals surface area contributed by atoms with E-state index in [9.17, 15) is 4.21 Å². The van der Waals surface area contributed by atoms with E-state index in [1.807, 2.05) is 19.9 Å². The van der Waals surface area contributed by atoms with Crippen LogP contribution in [0.2, 0.25) is 0 Å². The van der Waals surface area contributed by atoms with Gasteiger partial charge in [0.15, 0.2) is 0 Å². The van der Waals surface area contributed by atoms with Gasteiger partial charge < -0.3 is 10.1 Å². The molecule has 0 saturated heterocycles. The lowest BCUT2D eigenvalue weighted by Crippen LogP contribution is -2.18. The van der Waals surface area contributed by atoms with E-state index in [4.69, 9.17) is 4.74 Å². The summed E-state index contributed by atoms with van der Waals surface area (Å²) in [7, 11) is -0.817. The minimum Gasteiger partial charge on any atom is -0.494 e. The van der Waals surface area contributed by atoms with Crippen molar-refractivity contribution in [1.82, 2.24) is 5.32 Å². The molecule has 2 atom stereocenters. The normalized spacial score (nSPS) is 14.1. The predicted molar refractivity (Wildman–Crippen MR) is 82.1 cm³/mol. The Labute approximate surface area is 119 Å². The van der Waals surface area contributed by atoms with E-state index in [-0.39, 0.29) is 0 Å². The first-order chi connectivity index (χ1) is 9.12. The monoisotopic (exact) mass is 283 g/mol. The zero-order chi connectivity index (χ0) is 14.3. The molecule has 0 heterocycles. The Morgan fingerprint density at radius 1 is 1.32 bits per heavy atom. The van der Waals surface area contributed by atoms with Crippen molar-refractivity contribution in [2.75, 3.05) is 18.9 Å². The van der Waals surface area contributed by atoms with Crippen LogP contribution >= 0.6 is 0 Å². The van der Waals surface area contributed by atoms with E-state index in [1.165, 1.54) is 5.56 Å². The molecule has 3 nitrogen and oxygen atoms in total. The minimum atomic E-state index is -0.817. The third-order valence-electron chi connectivity index (χ3n) is 3.03. The second-order valence-electron chi connectivity index (χ2n) is 4.45. The average molecular weight is 283 g/mol. The summed E-state index contributed by atoms with van der Waals surface area (Å²) in [5, 5.41) is 3.39. The molecule has 0 fully saturated rings. The van der Waals surface area contributed by atoms with E-state index in [0.29, 0.717) is 24.2 Å². The number of hydrogen-bond acceptors (Lipinski definition) is 3. The van der Waals surface area contributed by atoms with Crippen LogP contribution in [0.3, 0.4) is 0 Å². The standard InChI is InChI=1S/C15H25NO2S/c1-5-16-12(4)13-8-9-15(18-6-2)14(10-13)11-19(17)7-3/h8-10,12,16H,5-7,11H2,1-4H3. The van der Waals surface area contributed by atoms with Gasteiger partial charge in [-0.05, 0) is 38.1 Å². The van der Waals surface area contributed by atoms with Crippen molar-refractivity contribution in [1.29, 1.82) is 0 Å². The van der Waals surface area contributed by atoms with Gasteiger partial charge in [-0.2, -0.15) is 0 Å². The molecule has 0 amide bonds. The first-order valence-electron chi connectivity index (χ1n) is 6.96. The maximum absolute atomic E-state index is 11.8. The van der Waals surface area contributed by atoms with Crippen molar-refractivity contribution >= 4 is 10.8 Å². The maximum atomic E-state index is 11.8. The fourth-order valence-electron chi connectivity index (χ4n) is 1.98. The third kappa shape index (κ3) is 4.96. The number of hydrogen-bond donors (Lipinski definition) is 1. The van der Waals surface area contributed by atoms with E-state index in [1.54, 1.807) is 0 Å². The van der Waals surface area contributed by atoms with Crippen LogP contribution in [-0.2, 0) is 16.6 Å². The molecule has 0 bridgehead atoms. The number of benzene rings is 1. The fourth-order valence-corrected chi connectivity index (χ4v) is 2.75. The summed E-state index contributed by atoms with van der Waals surface area (Å²) in [6.07, 6.45) is 0. The van der Waals surface area contributed by atoms with Gasteiger partial charge in [0.05, 0.1) is 12.4 Å². The Morgan fingerprint density at radius 3 is 2.63 bits per heavy atom. The Kier molecular flexibility index (Phi) is 7.10. The second-order valence-corrected chi connectivity index (χ2v) is 6.20. The first kappa shape index (κ1) is 16.2. The summed E-state index contributed by atoms with van der Waals surface area (Å²) in [5.41, 5.74) is 2.26. The van der Waals surface area contributed by atoms with Crippen molar-refractivity contribution in [3.8, 4) is 5.75 Å². The molecular weight excluding hydrogens is 258 g/mol. The lowest BCUT2D eigenvalue weighted by molar-refractivity contribution is 0.337. The van der Waals surface area contributed by atoms with Gasteiger partial charge in [0, 0.05) is 28.2 Å². The van der Waals surface area contributed by atoms with Gasteiger partial charge in [-0.3, -0.25) is 4.21 Å². The maximum Gasteiger partial charge on any atom is 0.123 e. The smallest absolute Gasteiger partial charge is 0.123 e. The molecule has 1 N–H and O–H groups in total. The van der Waals surface area contributed by atoms with Gasteiger partial charge in [-0.25, -0.2) is 0 Å². The molecule has 1 aromatic rings. The Morgan fingerprint density at radius 2 is 2.05 bits per heavy atom. The highest BCUT2D eigenvalue weighted by Crippen LogP contribution is 2.25.